The number of para-hydroxylation sites is 1. The molecule has 0 spiro atoms. The number of nitrogens with zero attached hydrogens (tertiary/aromatic N) is 1. The van der Waals surface area contributed by atoms with E-state index in [0.717, 1.165) is 36.9 Å². The van der Waals surface area contributed by atoms with Gasteiger partial charge in [-0.2, -0.15) is 0 Å². The van der Waals surface area contributed by atoms with Crippen molar-refractivity contribution in [1.29, 1.82) is 0 Å². The van der Waals surface area contributed by atoms with Gasteiger partial charge in [-0.3, -0.25) is 4.79 Å². The van der Waals surface area contributed by atoms with Crippen LogP contribution >= 0.6 is 0 Å². The monoisotopic (exact) mass is 337 g/mol. The molecule has 1 heterocycles. The van der Waals surface area contributed by atoms with Crippen molar-refractivity contribution in [3.63, 3.8) is 0 Å². The highest BCUT2D eigenvalue weighted by molar-refractivity contribution is 5.96. The van der Waals surface area contributed by atoms with Gasteiger partial charge in [0.05, 0.1) is 0 Å². The largest absolute Gasteiger partial charge is 0.508 e. The molecule has 2 unspecified atom stereocenters. The predicted octanol–water partition coefficient (Wildman–Crippen LogP) is 4.31. The van der Waals surface area contributed by atoms with E-state index < -0.39 is 0 Å². The lowest BCUT2D eigenvalue weighted by atomic mass is 9.84. The Balaban J connectivity index is 1.56. The number of rotatable bonds is 6. The summed E-state index contributed by atoms with van der Waals surface area (Å²) in [5.41, 5.74) is 1.84. The zero-order valence-electron chi connectivity index (χ0n) is 14.9. The minimum atomic E-state index is 0.235. The molecule has 2 aromatic carbocycles. The molecule has 132 valence electrons. The van der Waals surface area contributed by atoms with Crippen LogP contribution in [0.25, 0.3) is 0 Å². The standard InChI is InChI=1S/C22H27NO2/c1-23-14-13-17(11-12-19-9-5-6-10-21(19)24)15-20(23)16-22(25)18-7-3-2-4-8-18/h2-10,17,20,24H,11-16H2,1H3. The van der Waals surface area contributed by atoms with E-state index in [-0.39, 0.29) is 5.78 Å². The summed E-state index contributed by atoms with van der Waals surface area (Å²) >= 11 is 0. The molecule has 2 atom stereocenters. The number of hydrogen-bond donors (Lipinski definition) is 1. The minimum absolute atomic E-state index is 0.235. The first kappa shape index (κ1) is 17.7. The van der Waals surface area contributed by atoms with Gasteiger partial charge in [0.2, 0.25) is 0 Å². The van der Waals surface area contributed by atoms with Gasteiger partial charge >= 0.3 is 0 Å². The van der Waals surface area contributed by atoms with Crippen molar-refractivity contribution in [2.24, 2.45) is 5.92 Å². The molecule has 1 aliphatic rings. The molecule has 3 nitrogen and oxygen atoms in total. The molecule has 1 N–H and O–H groups in total. The van der Waals surface area contributed by atoms with Gasteiger partial charge in [0.1, 0.15) is 5.75 Å². The Morgan fingerprint density at radius 2 is 1.84 bits per heavy atom. The van der Waals surface area contributed by atoms with Crippen molar-refractivity contribution in [2.45, 2.75) is 38.1 Å². The maximum absolute atomic E-state index is 12.5. The molecule has 0 aliphatic carbocycles. The third-order valence-electron chi connectivity index (χ3n) is 5.45. The number of carbonyl (C=O) groups is 1. The number of likely N-dealkylation sites (tertiary alicyclic amines) is 1. The minimum Gasteiger partial charge on any atom is -0.508 e. The first-order valence-corrected chi connectivity index (χ1v) is 9.19. The lowest BCUT2D eigenvalue weighted by Crippen LogP contribution is -2.41. The van der Waals surface area contributed by atoms with E-state index >= 15 is 0 Å². The quantitative estimate of drug-likeness (QED) is 0.799. The number of piperidine rings is 1. The van der Waals surface area contributed by atoms with Crippen LogP contribution in [0, 0.1) is 5.92 Å². The number of benzene rings is 2. The van der Waals surface area contributed by atoms with Crippen molar-refractivity contribution < 1.29 is 9.90 Å². The van der Waals surface area contributed by atoms with Crippen LogP contribution in [0.15, 0.2) is 54.6 Å². The summed E-state index contributed by atoms with van der Waals surface area (Å²) in [6.07, 6.45) is 4.79. The lowest BCUT2D eigenvalue weighted by Gasteiger charge is -2.37. The number of carbonyl (C=O) groups excluding carboxylic acids is 1. The van der Waals surface area contributed by atoms with Crippen LogP contribution in [-0.2, 0) is 6.42 Å². The Morgan fingerprint density at radius 3 is 2.60 bits per heavy atom. The lowest BCUT2D eigenvalue weighted by molar-refractivity contribution is 0.0855. The summed E-state index contributed by atoms with van der Waals surface area (Å²) < 4.78 is 0. The smallest absolute Gasteiger partial charge is 0.164 e. The summed E-state index contributed by atoms with van der Waals surface area (Å²) in [4.78, 5) is 14.9. The molecule has 0 saturated carbocycles. The summed E-state index contributed by atoms with van der Waals surface area (Å²) in [5.74, 6) is 1.24. The van der Waals surface area contributed by atoms with Crippen molar-refractivity contribution in [1.82, 2.24) is 4.90 Å². The Kier molecular flexibility index (Phi) is 5.87. The fourth-order valence-corrected chi connectivity index (χ4v) is 3.79. The molecule has 0 aromatic heterocycles. The third-order valence-corrected chi connectivity index (χ3v) is 5.45. The molecule has 0 bridgehead atoms. The summed E-state index contributed by atoms with van der Waals surface area (Å²) in [5, 5.41) is 9.93. The number of ketones is 1. The van der Waals surface area contributed by atoms with E-state index in [1.807, 2.05) is 48.5 Å². The van der Waals surface area contributed by atoms with Gasteiger partial charge in [-0.1, -0.05) is 48.5 Å². The second kappa shape index (κ2) is 8.30. The van der Waals surface area contributed by atoms with Gasteiger partial charge in [0.15, 0.2) is 5.78 Å². The normalized spacial score (nSPS) is 21.2. The third kappa shape index (κ3) is 4.70. The fraction of sp³-hybridized carbons (Fsp3) is 0.409. The van der Waals surface area contributed by atoms with Gasteiger partial charge in [-0.15, -0.1) is 0 Å². The van der Waals surface area contributed by atoms with Crippen LogP contribution in [0.1, 0.15) is 41.6 Å². The predicted molar refractivity (Wildman–Crippen MR) is 101 cm³/mol. The first-order valence-electron chi connectivity index (χ1n) is 9.19. The van der Waals surface area contributed by atoms with Crippen molar-refractivity contribution in [2.75, 3.05) is 13.6 Å². The number of phenols is 1. The van der Waals surface area contributed by atoms with E-state index in [0.29, 0.717) is 24.1 Å². The van der Waals surface area contributed by atoms with Crippen LogP contribution in [0.5, 0.6) is 5.75 Å². The Labute approximate surface area is 150 Å². The number of aromatic hydroxyl groups is 1. The second-order valence-electron chi connectivity index (χ2n) is 7.19. The topological polar surface area (TPSA) is 40.5 Å². The number of Topliss-reactive ketones (excluding diaryl/α,β-unsaturated/α-hetero) is 1. The molecule has 2 aromatic rings. The van der Waals surface area contributed by atoms with Crippen LogP contribution in [0.4, 0.5) is 0 Å². The zero-order chi connectivity index (χ0) is 17.6. The second-order valence-corrected chi connectivity index (χ2v) is 7.19. The number of hydrogen-bond acceptors (Lipinski definition) is 3. The van der Waals surface area contributed by atoms with Crippen molar-refractivity contribution >= 4 is 5.78 Å². The molecule has 3 rings (SSSR count). The average molecular weight is 337 g/mol. The highest BCUT2D eigenvalue weighted by Gasteiger charge is 2.28. The Bertz CT molecular complexity index is 698. The fourth-order valence-electron chi connectivity index (χ4n) is 3.79. The van der Waals surface area contributed by atoms with Gasteiger partial charge in [-0.25, -0.2) is 0 Å². The zero-order valence-corrected chi connectivity index (χ0v) is 14.9. The molecule has 1 saturated heterocycles. The van der Waals surface area contributed by atoms with E-state index in [9.17, 15) is 9.90 Å². The first-order chi connectivity index (χ1) is 12.1. The van der Waals surface area contributed by atoms with Crippen LogP contribution in [0.3, 0.4) is 0 Å². The molecule has 25 heavy (non-hydrogen) atoms. The van der Waals surface area contributed by atoms with Gasteiger partial charge in [0.25, 0.3) is 0 Å². The maximum atomic E-state index is 12.5. The summed E-state index contributed by atoms with van der Waals surface area (Å²) in [7, 11) is 2.13. The van der Waals surface area contributed by atoms with E-state index in [2.05, 4.69) is 11.9 Å². The molecule has 1 aliphatic heterocycles. The highest BCUT2D eigenvalue weighted by atomic mass is 16.3. The van der Waals surface area contributed by atoms with E-state index in [1.54, 1.807) is 6.07 Å². The van der Waals surface area contributed by atoms with Crippen molar-refractivity contribution in [3.8, 4) is 5.75 Å². The molecular formula is C22H27NO2. The maximum Gasteiger partial charge on any atom is 0.164 e. The van der Waals surface area contributed by atoms with Crippen molar-refractivity contribution in [3.05, 3.63) is 65.7 Å². The SMILES string of the molecule is CN1CCC(CCc2ccccc2O)CC1CC(=O)c1ccccc1. The summed E-state index contributed by atoms with van der Waals surface area (Å²) in [6, 6.07) is 17.5. The molecule has 0 radical (unpaired) electrons. The number of aryl methyl sites for hydroxylation is 1. The van der Waals surface area contributed by atoms with E-state index in [1.165, 1.54) is 6.42 Å². The molecule has 1 fully saturated rings. The van der Waals surface area contributed by atoms with E-state index in [4.69, 9.17) is 0 Å². The molecule has 0 amide bonds. The van der Waals surface area contributed by atoms with Gasteiger partial charge < -0.3 is 10.0 Å². The Morgan fingerprint density at radius 1 is 1.12 bits per heavy atom. The number of phenolic OH excluding ortho intramolecular Hbond substituents is 1. The van der Waals surface area contributed by atoms with Crippen LogP contribution in [-0.4, -0.2) is 35.4 Å². The van der Waals surface area contributed by atoms with Gasteiger partial charge in [-0.05, 0) is 56.8 Å². The molecular weight excluding hydrogens is 310 g/mol. The summed E-state index contributed by atoms with van der Waals surface area (Å²) in [6.45, 7) is 1.04. The van der Waals surface area contributed by atoms with Crippen LogP contribution < -0.4 is 0 Å². The Hall–Kier alpha value is -2.13. The highest BCUT2D eigenvalue weighted by Crippen LogP contribution is 2.29. The molecule has 3 heteroatoms. The average Bonchev–Trinajstić information content (AvgIpc) is 2.64. The van der Waals surface area contributed by atoms with Crippen LogP contribution in [0.2, 0.25) is 0 Å². The van der Waals surface area contributed by atoms with Gasteiger partial charge in [0, 0.05) is 18.0 Å².